The highest BCUT2D eigenvalue weighted by Gasteiger charge is 2.03. The molecule has 0 heterocycles. The van der Waals surface area contributed by atoms with Crippen LogP contribution in [0.2, 0.25) is 0 Å². The standard InChI is InChI=1S/C14H22S/c1-3-4-5-7-10-13(2)15-14-11-8-6-9-12-14/h6,8-9,11-13H,3-5,7,10H2,1-2H3/i13D. The minimum absolute atomic E-state index is 0.380. The molecular weight excluding hydrogens is 200 g/mol. The summed E-state index contributed by atoms with van der Waals surface area (Å²) in [6.45, 7) is 4.25. The summed E-state index contributed by atoms with van der Waals surface area (Å²) in [6.07, 6.45) is 5.98. The molecule has 1 atom stereocenters. The molecule has 1 unspecified atom stereocenters. The van der Waals surface area contributed by atoms with Crippen LogP contribution >= 0.6 is 11.8 Å². The van der Waals surface area contributed by atoms with Crippen molar-refractivity contribution in [3.05, 3.63) is 30.3 Å². The quantitative estimate of drug-likeness (QED) is 0.456. The van der Waals surface area contributed by atoms with Gasteiger partial charge >= 0.3 is 0 Å². The lowest BCUT2D eigenvalue weighted by Gasteiger charge is -2.10. The first-order chi connectivity index (χ1) is 7.64. The summed E-state index contributed by atoms with van der Waals surface area (Å²) in [7, 11) is 0. The topological polar surface area (TPSA) is 0 Å². The summed E-state index contributed by atoms with van der Waals surface area (Å²) in [5.41, 5.74) is 0. The van der Waals surface area contributed by atoms with E-state index in [0.717, 1.165) is 6.42 Å². The largest absolute Gasteiger partial charge is 0.123 e. The molecule has 0 aliphatic heterocycles. The molecular formula is C14H22S. The molecule has 1 aromatic carbocycles. The Kier molecular flexibility index (Phi) is 5.76. The summed E-state index contributed by atoms with van der Waals surface area (Å²) < 4.78 is 8.26. The summed E-state index contributed by atoms with van der Waals surface area (Å²) in [4.78, 5) is 1.20. The molecule has 84 valence electrons. The summed E-state index contributed by atoms with van der Waals surface area (Å²) >= 11 is 1.67. The molecule has 1 rings (SSSR count). The van der Waals surface area contributed by atoms with Gasteiger partial charge in [0, 0.05) is 11.5 Å². The molecule has 0 aliphatic rings. The highest BCUT2D eigenvalue weighted by Crippen LogP contribution is 2.26. The normalized spacial score (nSPS) is 15.7. The van der Waals surface area contributed by atoms with Crippen LogP contribution in [-0.4, -0.2) is 5.23 Å². The SMILES string of the molecule is [2H]C(C)(CCCCCC)Sc1ccccc1. The molecule has 1 heteroatoms. The molecule has 0 amide bonds. The molecule has 1 aromatic rings. The lowest BCUT2D eigenvalue weighted by atomic mass is 10.1. The van der Waals surface area contributed by atoms with E-state index in [2.05, 4.69) is 19.1 Å². The Balaban J connectivity index is 2.33. The van der Waals surface area contributed by atoms with E-state index in [1.807, 2.05) is 25.1 Å². The van der Waals surface area contributed by atoms with Gasteiger partial charge < -0.3 is 0 Å². The zero-order valence-corrected chi connectivity index (χ0v) is 10.6. The van der Waals surface area contributed by atoms with Gasteiger partial charge in [0.2, 0.25) is 0 Å². The molecule has 0 bridgehead atoms. The van der Waals surface area contributed by atoms with Crippen molar-refractivity contribution in [2.75, 3.05) is 0 Å². The van der Waals surface area contributed by atoms with E-state index in [1.54, 1.807) is 11.8 Å². The third-order valence-electron chi connectivity index (χ3n) is 2.42. The number of benzene rings is 1. The van der Waals surface area contributed by atoms with Crippen molar-refractivity contribution in [2.45, 2.75) is 56.1 Å². The summed E-state index contributed by atoms with van der Waals surface area (Å²) in [5, 5.41) is -0.380. The maximum atomic E-state index is 8.26. The number of thioether (sulfide) groups is 1. The highest BCUT2D eigenvalue weighted by molar-refractivity contribution is 7.99. The smallest absolute Gasteiger partial charge is 0.0417 e. The highest BCUT2D eigenvalue weighted by atomic mass is 32.2. The Hall–Kier alpha value is -0.430. The fraction of sp³-hybridized carbons (Fsp3) is 0.571. The van der Waals surface area contributed by atoms with Crippen LogP contribution in [0.1, 0.15) is 47.3 Å². The molecule has 0 spiro atoms. The zero-order chi connectivity index (χ0) is 11.9. The second kappa shape index (κ2) is 7.81. The minimum atomic E-state index is -0.380. The second-order valence-electron chi connectivity index (χ2n) is 3.93. The van der Waals surface area contributed by atoms with E-state index in [1.165, 1.54) is 30.6 Å². The van der Waals surface area contributed by atoms with E-state index in [9.17, 15) is 0 Å². The maximum Gasteiger partial charge on any atom is 0.0417 e. The van der Waals surface area contributed by atoms with Gasteiger partial charge in [-0.05, 0) is 18.6 Å². The van der Waals surface area contributed by atoms with E-state index < -0.39 is 0 Å². The van der Waals surface area contributed by atoms with Crippen molar-refractivity contribution in [2.24, 2.45) is 0 Å². The van der Waals surface area contributed by atoms with E-state index in [-0.39, 0.29) is 5.23 Å². The van der Waals surface area contributed by atoms with Crippen molar-refractivity contribution in [3.8, 4) is 0 Å². The molecule has 0 fully saturated rings. The van der Waals surface area contributed by atoms with Crippen LogP contribution in [0.5, 0.6) is 0 Å². The predicted molar refractivity (Wildman–Crippen MR) is 70.5 cm³/mol. The van der Waals surface area contributed by atoms with Gasteiger partial charge in [0.25, 0.3) is 0 Å². The molecule has 0 radical (unpaired) electrons. The van der Waals surface area contributed by atoms with Gasteiger partial charge in [0.1, 0.15) is 0 Å². The predicted octanol–water partition coefficient (Wildman–Crippen LogP) is 5.14. The average Bonchev–Trinajstić information content (AvgIpc) is 2.25. The van der Waals surface area contributed by atoms with Gasteiger partial charge in [-0.15, -0.1) is 11.8 Å². The molecule has 15 heavy (non-hydrogen) atoms. The van der Waals surface area contributed by atoms with E-state index >= 15 is 0 Å². The van der Waals surface area contributed by atoms with Crippen LogP contribution in [0.3, 0.4) is 0 Å². The van der Waals surface area contributed by atoms with Gasteiger partial charge in [0.05, 0.1) is 0 Å². The molecule has 0 saturated heterocycles. The lowest BCUT2D eigenvalue weighted by Crippen LogP contribution is -1.95. The third kappa shape index (κ3) is 5.88. The van der Waals surface area contributed by atoms with Crippen molar-refractivity contribution in [1.29, 1.82) is 0 Å². The lowest BCUT2D eigenvalue weighted by molar-refractivity contribution is 0.630. The van der Waals surface area contributed by atoms with E-state index in [0.29, 0.717) is 0 Å². The van der Waals surface area contributed by atoms with Crippen LogP contribution in [0.15, 0.2) is 35.2 Å². The van der Waals surface area contributed by atoms with Crippen LogP contribution in [0, 0.1) is 0 Å². The Morgan fingerprint density at radius 3 is 2.60 bits per heavy atom. The average molecular weight is 223 g/mol. The summed E-state index contributed by atoms with van der Waals surface area (Å²) in [5.74, 6) is 0. The number of rotatable bonds is 7. The fourth-order valence-corrected chi connectivity index (χ4v) is 2.48. The monoisotopic (exact) mass is 223 g/mol. The molecule has 0 aromatic heterocycles. The zero-order valence-electron chi connectivity index (χ0n) is 10.8. The van der Waals surface area contributed by atoms with Crippen molar-refractivity contribution < 1.29 is 1.37 Å². The number of hydrogen-bond acceptors (Lipinski definition) is 1. The fourth-order valence-electron chi connectivity index (χ4n) is 1.54. The van der Waals surface area contributed by atoms with Crippen molar-refractivity contribution >= 4 is 11.8 Å². The second-order valence-corrected chi connectivity index (χ2v) is 5.30. The first-order valence-electron chi connectivity index (χ1n) is 6.38. The molecule has 0 N–H and O–H groups in total. The van der Waals surface area contributed by atoms with Crippen LogP contribution in [0.25, 0.3) is 0 Å². The van der Waals surface area contributed by atoms with Crippen LogP contribution in [0.4, 0.5) is 0 Å². The van der Waals surface area contributed by atoms with E-state index in [4.69, 9.17) is 1.37 Å². The Bertz CT molecular complexity index is 282. The number of unbranched alkanes of at least 4 members (excludes halogenated alkanes) is 3. The Morgan fingerprint density at radius 2 is 1.93 bits per heavy atom. The van der Waals surface area contributed by atoms with Crippen LogP contribution < -0.4 is 0 Å². The van der Waals surface area contributed by atoms with Gasteiger partial charge in [-0.3, -0.25) is 0 Å². The first-order valence-corrected chi connectivity index (χ1v) is 6.70. The first kappa shape index (κ1) is 11.1. The van der Waals surface area contributed by atoms with Gasteiger partial charge in [-0.25, -0.2) is 0 Å². The minimum Gasteiger partial charge on any atom is -0.123 e. The number of hydrogen-bond donors (Lipinski definition) is 0. The van der Waals surface area contributed by atoms with Gasteiger partial charge in [-0.2, -0.15) is 0 Å². The van der Waals surface area contributed by atoms with Crippen LogP contribution in [-0.2, 0) is 0 Å². The summed E-state index contributed by atoms with van der Waals surface area (Å²) in [6, 6.07) is 10.3. The Labute approximate surface area is 99.9 Å². The molecule has 0 saturated carbocycles. The van der Waals surface area contributed by atoms with Crippen molar-refractivity contribution in [1.82, 2.24) is 0 Å². The molecule has 0 aliphatic carbocycles. The van der Waals surface area contributed by atoms with Crippen molar-refractivity contribution in [3.63, 3.8) is 0 Å². The maximum absolute atomic E-state index is 8.26. The Morgan fingerprint density at radius 1 is 1.20 bits per heavy atom. The molecule has 0 nitrogen and oxygen atoms in total. The van der Waals surface area contributed by atoms with Gasteiger partial charge in [0.15, 0.2) is 0 Å². The van der Waals surface area contributed by atoms with Gasteiger partial charge in [-0.1, -0.05) is 57.7 Å². The third-order valence-corrected chi connectivity index (χ3v) is 3.48.